The van der Waals surface area contributed by atoms with E-state index in [1.54, 1.807) is 0 Å². The van der Waals surface area contributed by atoms with Gasteiger partial charge in [0.15, 0.2) is 0 Å². The van der Waals surface area contributed by atoms with Gasteiger partial charge in [-0.3, -0.25) is 0 Å². The van der Waals surface area contributed by atoms with Gasteiger partial charge >= 0.3 is 6.03 Å². The summed E-state index contributed by atoms with van der Waals surface area (Å²) >= 11 is 0. The molecule has 2 saturated heterocycles. The Labute approximate surface area is 177 Å². The molecule has 2 amide bonds. The molecule has 1 aromatic carbocycles. The lowest BCUT2D eigenvalue weighted by Gasteiger charge is -2.36. The summed E-state index contributed by atoms with van der Waals surface area (Å²) in [5.41, 5.74) is 3.00. The molecule has 0 bridgehead atoms. The molecule has 8 nitrogen and oxygen atoms in total. The molecular formula is C22H30N6O2. The van der Waals surface area contributed by atoms with Crippen LogP contribution in [0, 0.1) is 6.92 Å². The van der Waals surface area contributed by atoms with Crippen LogP contribution in [0.4, 0.5) is 22.2 Å². The van der Waals surface area contributed by atoms with Crippen molar-refractivity contribution >= 4 is 23.5 Å². The predicted octanol–water partition coefficient (Wildman–Crippen LogP) is 2.54. The number of ether oxygens (including phenoxy) is 1. The molecule has 3 heterocycles. The van der Waals surface area contributed by atoms with Crippen molar-refractivity contribution in [3.63, 3.8) is 0 Å². The van der Waals surface area contributed by atoms with Crippen molar-refractivity contribution in [3.05, 3.63) is 41.6 Å². The maximum atomic E-state index is 12.7. The van der Waals surface area contributed by atoms with Crippen LogP contribution in [0.2, 0.25) is 0 Å². The fourth-order valence-electron chi connectivity index (χ4n) is 3.89. The number of aromatic nitrogens is 2. The number of amides is 2. The van der Waals surface area contributed by atoms with Gasteiger partial charge in [-0.05, 0) is 25.0 Å². The first kappa shape index (κ1) is 20.4. The second-order valence-electron chi connectivity index (χ2n) is 7.68. The van der Waals surface area contributed by atoms with Gasteiger partial charge in [-0.1, -0.05) is 25.1 Å². The van der Waals surface area contributed by atoms with E-state index in [1.165, 1.54) is 0 Å². The number of nitrogens with one attached hydrogen (secondary N) is 1. The number of nitrogens with zero attached hydrogens (tertiary/aromatic N) is 5. The van der Waals surface area contributed by atoms with Crippen molar-refractivity contribution < 1.29 is 9.53 Å². The van der Waals surface area contributed by atoms with Crippen molar-refractivity contribution in [1.29, 1.82) is 0 Å². The average Bonchev–Trinajstić information content (AvgIpc) is 2.79. The molecule has 0 unspecified atom stereocenters. The Morgan fingerprint density at radius 3 is 2.50 bits per heavy atom. The smallest absolute Gasteiger partial charge is 0.321 e. The van der Waals surface area contributed by atoms with Gasteiger partial charge in [-0.25, -0.2) is 9.78 Å². The van der Waals surface area contributed by atoms with Crippen LogP contribution < -0.4 is 15.1 Å². The number of morpholine rings is 1. The van der Waals surface area contributed by atoms with Crippen LogP contribution in [0.25, 0.3) is 0 Å². The minimum Gasteiger partial charge on any atom is -0.378 e. The Hall–Kier alpha value is -2.87. The summed E-state index contributed by atoms with van der Waals surface area (Å²) in [5, 5.41) is 3.07. The summed E-state index contributed by atoms with van der Waals surface area (Å²) in [6, 6.07) is 9.96. The quantitative estimate of drug-likeness (QED) is 0.835. The summed E-state index contributed by atoms with van der Waals surface area (Å²) in [4.78, 5) is 28.5. The molecule has 1 N–H and O–H groups in total. The molecule has 2 aliphatic rings. The van der Waals surface area contributed by atoms with Crippen molar-refractivity contribution in [1.82, 2.24) is 14.9 Å². The Balaban J connectivity index is 1.38. The second kappa shape index (κ2) is 9.30. The lowest BCUT2D eigenvalue weighted by Crippen LogP contribution is -2.50. The highest BCUT2D eigenvalue weighted by Crippen LogP contribution is 2.21. The van der Waals surface area contributed by atoms with E-state index in [4.69, 9.17) is 9.72 Å². The van der Waals surface area contributed by atoms with E-state index in [2.05, 4.69) is 33.1 Å². The maximum Gasteiger partial charge on any atom is 0.321 e. The molecule has 0 saturated carbocycles. The van der Waals surface area contributed by atoms with Gasteiger partial charge in [0.25, 0.3) is 0 Å². The summed E-state index contributed by atoms with van der Waals surface area (Å²) in [5.74, 6) is 1.70. The van der Waals surface area contributed by atoms with Gasteiger partial charge in [0.05, 0.1) is 13.2 Å². The summed E-state index contributed by atoms with van der Waals surface area (Å²) in [6.45, 7) is 9.98. The van der Waals surface area contributed by atoms with E-state index in [-0.39, 0.29) is 6.03 Å². The SMILES string of the molecule is CCc1ccccc1NC(=O)N1CCN(c2cc(C)nc(N3CCOCC3)n2)CC1. The molecule has 0 radical (unpaired) electrons. The fourth-order valence-corrected chi connectivity index (χ4v) is 3.89. The predicted molar refractivity (Wildman–Crippen MR) is 118 cm³/mol. The Morgan fingerprint density at radius 1 is 1.03 bits per heavy atom. The number of rotatable bonds is 4. The van der Waals surface area contributed by atoms with Crippen LogP contribution in [-0.2, 0) is 11.2 Å². The number of anilines is 3. The molecular weight excluding hydrogens is 380 g/mol. The maximum absolute atomic E-state index is 12.7. The molecule has 0 atom stereocenters. The highest BCUT2D eigenvalue weighted by molar-refractivity contribution is 5.90. The number of urea groups is 1. The van der Waals surface area contributed by atoms with Crippen molar-refractivity contribution in [2.75, 3.05) is 67.6 Å². The molecule has 1 aromatic heterocycles. The minimum atomic E-state index is -0.0385. The zero-order valence-corrected chi connectivity index (χ0v) is 17.8. The van der Waals surface area contributed by atoms with Crippen molar-refractivity contribution in [3.8, 4) is 0 Å². The second-order valence-corrected chi connectivity index (χ2v) is 7.68. The number of carbonyl (C=O) groups excluding carboxylic acids is 1. The molecule has 0 spiro atoms. The first-order chi connectivity index (χ1) is 14.6. The van der Waals surface area contributed by atoms with Crippen molar-refractivity contribution in [2.45, 2.75) is 20.3 Å². The van der Waals surface area contributed by atoms with Crippen molar-refractivity contribution in [2.24, 2.45) is 0 Å². The third-order valence-electron chi connectivity index (χ3n) is 5.65. The molecule has 0 aliphatic carbocycles. The number of piperazine rings is 1. The van der Waals surface area contributed by atoms with Crippen LogP contribution in [0.15, 0.2) is 30.3 Å². The standard InChI is InChI=1S/C22H30N6O2/c1-3-18-6-4-5-7-19(18)24-22(29)28-10-8-26(9-11-28)20-16-17(2)23-21(25-20)27-12-14-30-15-13-27/h4-7,16H,3,8-15H2,1-2H3,(H,24,29). The number of hydrogen-bond acceptors (Lipinski definition) is 6. The lowest BCUT2D eigenvalue weighted by molar-refractivity contribution is 0.122. The lowest BCUT2D eigenvalue weighted by atomic mass is 10.1. The van der Waals surface area contributed by atoms with Crippen LogP contribution in [0.5, 0.6) is 0 Å². The van der Waals surface area contributed by atoms with E-state index in [0.29, 0.717) is 26.3 Å². The van der Waals surface area contributed by atoms with Gasteiger partial charge in [0, 0.05) is 56.7 Å². The molecule has 160 valence electrons. The zero-order chi connectivity index (χ0) is 20.9. The molecule has 4 rings (SSSR count). The van der Waals surface area contributed by atoms with Gasteiger partial charge in [-0.15, -0.1) is 0 Å². The van der Waals surface area contributed by atoms with Gasteiger partial charge in [-0.2, -0.15) is 4.98 Å². The average molecular weight is 411 g/mol. The number of carbonyl (C=O) groups is 1. The molecule has 30 heavy (non-hydrogen) atoms. The van der Waals surface area contributed by atoms with Crippen LogP contribution in [-0.4, -0.2) is 73.4 Å². The number of benzene rings is 1. The summed E-state index contributed by atoms with van der Waals surface area (Å²) < 4.78 is 5.44. The van der Waals surface area contributed by atoms with E-state index in [1.807, 2.05) is 36.1 Å². The van der Waals surface area contributed by atoms with Gasteiger partial charge in [0.1, 0.15) is 5.82 Å². The van der Waals surface area contributed by atoms with Gasteiger partial charge in [0.2, 0.25) is 5.95 Å². The summed E-state index contributed by atoms with van der Waals surface area (Å²) in [7, 11) is 0. The Morgan fingerprint density at radius 2 is 1.77 bits per heavy atom. The topological polar surface area (TPSA) is 73.8 Å². The largest absolute Gasteiger partial charge is 0.378 e. The molecule has 2 aliphatic heterocycles. The number of hydrogen-bond donors (Lipinski definition) is 1. The first-order valence-electron chi connectivity index (χ1n) is 10.7. The third kappa shape index (κ3) is 4.64. The molecule has 8 heteroatoms. The zero-order valence-electron chi connectivity index (χ0n) is 17.8. The first-order valence-corrected chi connectivity index (χ1v) is 10.7. The highest BCUT2D eigenvalue weighted by atomic mass is 16.5. The minimum absolute atomic E-state index is 0.0385. The highest BCUT2D eigenvalue weighted by Gasteiger charge is 2.24. The Bertz CT molecular complexity index is 876. The Kier molecular flexibility index (Phi) is 6.32. The monoisotopic (exact) mass is 410 g/mol. The van der Waals surface area contributed by atoms with E-state index in [9.17, 15) is 4.79 Å². The number of aryl methyl sites for hydroxylation is 2. The van der Waals surface area contributed by atoms with Gasteiger partial charge < -0.3 is 24.8 Å². The normalized spacial score (nSPS) is 17.2. The fraction of sp³-hybridized carbons (Fsp3) is 0.500. The van der Waals surface area contributed by atoms with Crippen LogP contribution >= 0.6 is 0 Å². The number of para-hydroxylation sites is 1. The molecule has 2 aromatic rings. The van der Waals surface area contributed by atoms with E-state index in [0.717, 1.165) is 61.3 Å². The summed E-state index contributed by atoms with van der Waals surface area (Å²) in [6.07, 6.45) is 0.892. The third-order valence-corrected chi connectivity index (χ3v) is 5.65. The molecule has 2 fully saturated rings. The van der Waals surface area contributed by atoms with E-state index >= 15 is 0 Å². The van der Waals surface area contributed by atoms with Crippen LogP contribution in [0.1, 0.15) is 18.2 Å². The van der Waals surface area contributed by atoms with Crippen LogP contribution in [0.3, 0.4) is 0 Å². The van der Waals surface area contributed by atoms with E-state index < -0.39 is 0 Å².